The number of fused-ring (bicyclic) bond motifs is 1. The van der Waals surface area contributed by atoms with E-state index in [1.165, 1.54) is 5.56 Å². The normalized spacial score (nSPS) is 14.9. The maximum Gasteiger partial charge on any atom is 0.248 e. The molecule has 3 aromatic rings. The van der Waals surface area contributed by atoms with E-state index in [9.17, 15) is 4.79 Å². The summed E-state index contributed by atoms with van der Waals surface area (Å²) < 4.78 is 13.8. The van der Waals surface area contributed by atoms with Crippen LogP contribution in [0, 0.1) is 6.92 Å². The lowest BCUT2D eigenvalue weighted by Crippen LogP contribution is -2.31. The maximum absolute atomic E-state index is 12.5. The van der Waals surface area contributed by atoms with Crippen molar-refractivity contribution in [3.8, 4) is 11.5 Å². The highest BCUT2D eigenvalue weighted by molar-refractivity contribution is 7.99. The van der Waals surface area contributed by atoms with Crippen LogP contribution in [-0.2, 0) is 11.4 Å². The molecular weight excluding hydrogens is 462 g/mol. The summed E-state index contributed by atoms with van der Waals surface area (Å²) in [4.78, 5) is 17.1. The summed E-state index contributed by atoms with van der Waals surface area (Å²) >= 11 is 1.58. The average Bonchev–Trinajstić information content (AvgIpc) is 3.23. The molecule has 1 aromatic heterocycles. The van der Waals surface area contributed by atoms with E-state index < -0.39 is 11.9 Å². The highest BCUT2D eigenvalue weighted by Crippen LogP contribution is 2.39. The number of nitrogens with zero attached hydrogens (tertiary/aromatic N) is 3. The first-order chi connectivity index (χ1) is 16.9. The number of aryl methyl sites for hydroxylation is 1. The first kappa shape index (κ1) is 24.7. The van der Waals surface area contributed by atoms with Crippen LogP contribution in [0.5, 0.6) is 11.5 Å². The molecule has 1 amide bonds. The van der Waals surface area contributed by atoms with Crippen molar-refractivity contribution in [1.29, 1.82) is 0 Å². The van der Waals surface area contributed by atoms with Gasteiger partial charge in [-0.2, -0.15) is 4.98 Å². The smallest absolute Gasteiger partial charge is 0.248 e. The molecule has 0 aliphatic carbocycles. The van der Waals surface area contributed by atoms with Gasteiger partial charge in [0.25, 0.3) is 0 Å². The molecule has 184 valence electrons. The number of benzene rings is 2. The Labute approximate surface area is 209 Å². The minimum Gasteiger partial charge on any atom is -0.490 e. The van der Waals surface area contributed by atoms with Crippen LogP contribution in [0.1, 0.15) is 49.9 Å². The highest BCUT2D eigenvalue weighted by Gasteiger charge is 2.34. The third-order valence-corrected chi connectivity index (χ3v) is 6.64. The first-order valence-corrected chi connectivity index (χ1v) is 12.7. The molecule has 1 aliphatic heterocycles. The van der Waals surface area contributed by atoms with Gasteiger partial charge in [-0.3, -0.25) is 4.79 Å². The summed E-state index contributed by atoms with van der Waals surface area (Å²) in [6, 6.07) is 13.4. The first-order valence-electron chi connectivity index (χ1n) is 11.7. The van der Waals surface area contributed by atoms with Crippen LogP contribution in [0.2, 0.25) is 0 Å². The molecule has 35 heavy (non-hydrogen) atoms. The lowest BCUT2D eigenvalue weighted by molar-refractivity contribution is -0.115. The van der Waals surface area contributed by atoms with Crippen LogP contribution < -0.4 is 20.5 Å². The Morgan fingerprint density at radius 1 is 1.14 bits per heavy atom. The quantitative estimate of drug-likeness (QED) is 0.389. The minimum atomic E-state index is -0.530. The molecule has 8 nitrogen and oxygen atoms in total. The lowest BCUT2D eigenvalue weighted by Gasteiger charge is -2.28. The van der Waals surface area contributed by atoms with Gasteiger partial charge < -0.3 is 20.5 Å². The van der Waals surface area contributed by atoms with Crippen LogP contribution in [0.15, 0.2) is 58.9 Å². The number of allylic oxidation sites excluding steroid dienone is 1. The third kappa shape index (κ3) is 5.45. The Kier molecular flexibility index (Phi) is 7.65. The van der Waals surface area contributed by atoms with Gasteiger partial charge in [-0.05, 0) is 50.5 Å². The van der Waals surface area contributed by atoms with Crippen molar-refractivity contribution in [3.63, 3.8) is 0 Å². The molecule has 4 rings (SSSR count). The number of anilines is 1. The molecule has 2 heterocycles. The predicted molar refractivity (Wildman–Crippen MR) is 138 cm³/mol. The van der Waals surface area contributed by atoms with Crippen molar-refractivity contribution >= 4 is 23.6 Å². The second-order valence-electron chi connectivity index (χ2n) is 8.36. The monoisotopic (exact) mass is 493 g/mol. The fourth-order valence-corrected chi connectivity index (χ4v) is 4.74. The number of amides is 1. The number of thioether (sulfide) groups is 1. The number of aromatic nitrogens is 3. The number of carbonyl (C=O) groups is 1. The predicted octanol–water partition coefficient (Wildman–Crippen LogP) is 4.84. The summed E-state index contributed by atoms with van der Waals surface area (Å²) in [5.41, 5.74) is 9.98. The molecule has 0 bridgehead atoms. The molecule has 1 unspecified atom stereocenters. The summed E-state index contributed by atoms with van der Waals surface area (Å²) in [7, 11) is 0. The second-order valence-corrected chi connectivity index (χ2v) is 9.42. The van der Waals surface area contributed by atoms with Crippen molar-refractivity contribution in [2.45, 2.75) is 51.9 Å². The van der Waals surface area contributed by atoms with E-state index in [2.05, 4.69) is 41.4 Å². The van der Waals surface area contributed by atoms with Crippen LogP contribution >= 0.6 is 11.8 Å². The second kappa shape index (κ2) is 10.9. The van der Waals surface area contributed by atoms with Gasteiger partial charge in [0.1, 0.15) is 12.6 Å². The largest absolute Gasteiger partial charge is 0.490 e. The van der Waals surface area contributed by atoms with Crippen molar-refractivity contribution in [2.24, 2.45) is 5.73 Å². The maximum atomic E-state index is 12.5. The number of carbonyl (C=O) groups excluding carboxylic acids is 1. The number of rotatable bonds is 10. The number of nitrogens with two attached hydrogens (primary N) is 1. The van der Waals surface area contributed by atoms with Crippen molar-refractivity contribution in [2.75, 3.05) is 17.7 Å². The van der Waals surface area contributed by atoms with E-state index in [1.54, 1.807) is 16.4 Å². The van der Waals surface area contributed by atoms with Crippen LogP contribution in [-0.4, -0.2) is 33.0 Å². The lowest BCUT2D eigenvalue weighted by atomic mass is 9.95. The van der Waals surface area contributed by atoms with Gasteiger partial charge in [0.2, 0.25) is 17.0 Å². The molecule has 0 saturated carbocycles. The molecule has 3 N–H and O–H groups in total. The number of primary amides is 1. The zero-order chi connectivity index (χ0) is 24.9. The van der Waals surface area contributed by atoms with E-state index in [1.807, 2.05) is 44.2 Å². The average molecular weight is 494 g/mol. The van der Waals surface area contributed by atoms with Crippen LogP contribution in [0.4, 0.5) is 5.95 Å². The summed E-state index contributed by atoms with van der Waals surface area (Å²) in [6.07, 6.45) is 1.01. The van der Waals surface area contributed by atoms with E-state index in [0.717, 1.165) is 23.3 Å². The van der Waals surface area contributed by atoms with Crippen molar-refractivity contribution in [3.05, 3.63) is 70.4 Å². The fourth-order valence-electron chi connectivity index (χ4n) is 4.06. The van der Waals surface area contributed by atoms with Gasteiger partial charge in [0, 0.05) is 11.4 Å². The molecule has 0 radical (unpaired) electrons. The Balaban J connectivity index is 1.70. The molecule has 1 aliphatic rings. The molecule has 0 fully saturated rings. The summed E-state index contributed by atoms with van der Waals surface area (Å²) in [6.45, 7) is 8.81. The Bertz CT molecular complexity index is 1250. The zero-order valence-electron chi connectivity index (χ0n) is 20.5. The molecular formula is C26H31N5O3S. The summed E-state index contributed by atoms with van der Waals surface area (Å²) in [5, 5.41) is 8.52. The van der Waals surface area contributed by atoms with E-state index >= 15 is 0 Å². The van der Waals surface area contributed by atoms with E-state index in [-0.39, 0.29) is 0 Å². The molecule has 1 atom stereocenters. The SMILES string of the molecule is CCCSc1nc2n(n1)C(c1ccc(OCc3cccc(C)c3)c(OCC)c1)C(C(N)=O)=C(C)N2. The Morgan fingerprint density at radius 3 is 2.69 bits per heavy atom. The van der Waals surface area contributed by atoms with E-state index in [0.29, 0.717) is 47.1 Å². The van der Waals surface area contributed by atoms with Crippen LogP contribution in [0.25, 0.3) is 0 Å². The van der Waals surface area contributed by atoms with Gasteiger partial charge in [-0.15, -0.1) is 5.10 Å². The van der Waals surface area contributed by atoms with Gasteiger partial charge in [-0.25, -0.2) is 4.68 Å². The van der Waals surface area contributed by atoms with E-state index in [4.69, 9.17) is 15.2 Å². The third-order valence-electron chi connectivity index (χ3n) is 5.59. The Hall–Kier alpha value is -3.46. The van der Waals surface area contributed by atoms with Gasteiger partial charge >= 0.3 is 0 Å². The fraction of sp³-hybridized carbons (Fsp3) is 0.346. The number of hydrogen-bond donors (Lipinski definition) is 2. The minimum absolute atomic E-state index is 0.422. The Morgan fingerprint density at radius 2 is 1.97 bits per heavy atom. The van der Waals surface area contributed by atoms with Gasteiger partial charge in [0.15, 0.2) is 11.5 Å². The topological polar surface area (TPSA) is 104 Å². The van der Waals surface area contributed by atoms with Gasteiger partial charge in [0.05, 0.1) is 12.2 Å². The van der Waals surface area contributed by atoms with Crippen LogP contribution in [0.3, 0.4) is 0 Å². The number of ether oxygens (including phenoxy) is 2. The highest BCUT2D eigenvalue weighted by atomic mass is 32.2. The molecule has 9 heteroatoms. The molecule has 2 aromatic carbocycles. The zero-order valence-corrected chi connectivity index (χ0v) is 21.3. The number of nitrogens with one attached hydrogen (secondary N) is 1. The van der Waals surface area contributed by atoms with Crippen molar-refractivity contribution < 1.29 is 14.3 Å². The standard InChI is InChI=1S/C26H31N5O3S/c1-5-12-35-26-29-25-28-17(4)22(24(27)32)23(31(25)30-26)19-10-11-20(21(14-19)33-6-2)34-15-18-9-7-8-16(3)13-18/h7-11,13-14,23H,5-6,12,15H2,1-4H3,(H2,27,32)(H,28,29,30). The number of hydrogen-bond acceptors (Lipinski definition) is 7. The molecule has 0 saturated heterocycles. The summed E-state index contributed by atoms with van der Waals surface area (Å²) in [5.74, 6) is 2.20. The molecule has 0 spiro atoms. The van der Waals surface area contributed by atoms with Gasteiger partial charge in [-0.1, -0.05) is 54.6 Å². The van der Waals surface area contributed by atoms with Crippen molar-refractivity contribution in [1.82, 2.24) is 14.8 Å².